The van der Waals surface area contributed by atoms with Crippen molar-refractivity contribution < 1.29 is 9.59 Å². The van der Waals surface area contributed by atoms with Gasteiger partial charge in [0.25, 0.3) is 0 Å². The summed E-state index contributed by atoms with van der Waals surface area (Å²) in [6.45, 7) is 6.42. The molecule has 3 saturated heterocycles. The Hall–Kier alpha value is -1.70. The molecule has 3 aliphatic rings. The van der Waals surface area contributed by atoms with Crippen LogP contribution < -0.4 is 9.80 Å². The molecule has 1 unspecified atom stereocenters. The quantitative estimate of drug-likeness (QED) is 0.807. The third-order valence-electron chi connectivity index (χ3n) is 5.84. The summed E-state index contributed by atoms with van der Waals surface area (Å²) in [4.78, 5) is 30.8. The van der Waals surface area contributed by atoms with Crippen LogP contribution in [0.2, 0.25) is 0 Å². The average molecular weight is 378 g/mol. The molecule has 1 aromatic rings. The molecule has 0 N–H and O–H groups in total. The Balaban J connectivity index is 1.40. The van der Waals surface area contributed by atoms with E-state index in [0.717, 1.165) is 69.3 Å². The SMILES string of the molecule is CC1CCN(C(=O)C2CCCN(c3nnc(N4CCCC4=O)s3)C2)CC1. The van der Waals surface area contributed by atoms with Gasteiger partial charge in [-0.05, 0) is 38.0 Å². The number of rotatable bonds is 3. The lowest BCUT2D eigenvalue weighted by molar-refractivity contribution is -0.137. The first kappa shape index (κ1) is 17.7. The zero-order valence-electron chi connectivity index (χ0n) is 15.4. The number of carbonyl (C=O) groups excluding carboxylic acids is 2. The Morgan fingerprint density at radius 3 is 2.54 bits per heavy atom. The molecule has 3 aliphatic heterocycles. The Kier molecular flexibility index (Phi) is 5.11. The van der Waals surface area contributed by atoms with E-state index in [2.05, 4.69) is 26.9 Å². The van der Waals surface area contributed by atoms with Crippen molar-refractivity contribution >= 4 is 33.4 Å². The molecule has 7 nitrogen and oxygen atoms in total. The zero-order valence-corrected chi connectivity index (χ0v) is 16.2. The predicted molar refractivity (Wildman–Crippen MR) is 101 cm³/mol. The highest BCUT2D eigenvalue weighted by atomic mass is 32.1. The van der Waals surface area contributed by atoms with Crippen LogP contribution in [0.25, 0.3) is 0 Å². The summed E-state index contributed by atoms with van der Waals surface area (Å²) < 4.78 is 0. The molecule has 1 aromatic heterocycles. The van der Waals surface area contributed by atoms with Crippen molar-refractivity contribution in [2.45, 2.75) is 45.4 Å². The fraction of sp³-hybridized carbons (Fsp3) is 0.778. The van der Waals surface area contributed by atoms with Gasteiger partial charge in [-0.3, -0.25) is 14.5 Å². The van der Waals surface area contributed by atoms with Gasteiger partial charge in [-0.25, -0.2) is 0 Å². The molecule has 26 heavy (non-hydrogen) atoms. The minimum Gasteiger partial charge on any atom is -0.346 e. The van der Waals surface area contributed by atoms with Crippen LogP contribution in [-0.2, 0) is 9.59 Å². The maximum atomic E-state index is 12.9. The van der Waals surface area contributed by atoms with Gasteiger partial charge in [0.05, 0.1) is 5.92 Å². The third kappa shape index (κ3) is 3.56. The molecule has 1 atom stereocenters. The molecule has 4 rings (SSSR count). The normalized spacial score (nSPS) is 25.2. The lowest BCUT2D eigenvalue weighted by Crippen LogP contribution is -2.47. The Bertz CT molecular complexity index is 670. The second-order valence-electron chi connectivity index (χ2n) is 7.81. The van der Waals surface area contributed by atoms with Crippen molar-refractivity contribution in [2.75, 3.05) is 42.5 Å². The van der Waals surface area contributed by atoms with Crippen LogP contribution >= 0.6 is 11.3 Å². The summed E-state index contributed by atoms with van der Waals surface area (Å²) in [7, 11) is 0. The highest BCUT2D eigenvalue weighted by Gasteiger charge is 2.32. The van der Waals surface area contributed by atoms with Gasteiger partial charge in [0, 0.05) is 39.1 Å². The van der Waals surface area contributed by atoms with E-state index in [1.807, 2.05) is 0 Å². The molecule has 142 valence electrons. The largest absolute Gasteiger partial charge is 0.346 e. The average Bonchev–Trinajstić information content (AvgIpc) is 3.30. The number of piperidine rings is 2. The summed E-state index contributed by atoms with van der Waals surface area (Å²) >= 11 is 1.47. The molecule has 8 heteroatoms. The Labute approximate surface area is 158 Å². The highest BCUT2D eigenvalue weighted by molar-refractivity contribution is 7.19. The van der Waals surface area contributed by atoms with Crippen molar-refractivity contribution in [3.8, 4) is 0 Å². The topological polar surface area (TPSA) is 69.6 Å². The highest BCUT2D eigenvalue weighted by Crippen LogP contribution is 2.32. The number of aromatic nitrogens is 2. The summed E-state index contributed by atoms with van der Waals surface area (Å²) in [6, 6.07) is 0. The minimum absolute atomic E-state index is 0.0536. The maximum Gasteiger partial charge on any atom is 0.228 e. The molecular formula is C18H27N5O2S. The molecule has 0 aliphatic carbocycles. The monoisotopic (exact) mass is 377 g/mol. The van der Waals surface area contributed by atoms with Crippen LogP contribution in [-0.4, -0.2) is 59.6 Å². The smallest absolute Gasteiger partial charge is 0.228 e. The van der Waals surface area contributed by atoms with Gasteiger partial charge in [0.1, 0.15) is 0 Å². The van der Waals surface area contributed by atoms with Gasteiger partial charge < -0.3 is 9.80 Å². The van der Waals surface area contributed by atoms with Crippen LogP contribution in [0, 0.1) is 11.8 Å². The van der Waals surface area contributed by atoms with E-state index in [4.69, 9.17) is 0 Å². The van der Waals surface area contributed by atoms with Gasteiger partial charge in [0.15, 0.2) is 0 Å². The van der Waals surface area contributed by atoms with E-state index in [-0.39, 0.29) is 11.8 Å². The second-order valence-corrected chi connectivity index (χ2v) is 8.74. The first-order chi connectivity index (χ1) is 12.6. The summed E-state index contributed by atoms with van der Waals surface area (Å²) in [5.74, 6) is 1.23. The van der Waals surface area contributed by atoms with Crippen LogP contribution in [0.3, 0.4) is 0 Å². The van der Waals surface area contributed by atoms with Gasteiger partial charge in [-0.15, -0.1) is 10.2 Å². The molecule has 2 amide bonds. The second kappa shape index (κ2) is 7.50. The lowest BCUT2D eigenvalue weighted by Gasteiger charge is -2.37. The van der Waals surface area contributed by atoms with Gasteiger partial charge >= 0.3 is 0 Å². The van der Waals surface area contributed by atoms with E-state index in [9.17, 15) is 9.59 Å². The van der Waals surface area contributed by atoms with Crippen LogP contribution in [0.15, 0.2) is 0 Å². The van der Waals surface area contributed by atoms with Crippen LogP contribution in [0.1, 0.15) is 45.4 Å². The molecule has 0 saturated carbocycles. The van der Waals surface area contributed by atoms with Gasteiger partial charge in [-0.1, -0.05) is 18.3 Å². The number of carbonyl (C=O) groups is 2. The molecule has 4 heterocycles. The Morgan fingerprint density at radius 2 is 1.81 bits per heavy atom. The lowest BCUT2D eigenvalue weighted by atomic mass is 9.94. The number of nitrogens with zero attached hydrogens (tertiary/aromatic N) is 5. The first-order valence-electron chi connectivity index (χ1n) is 9.79. The number of amides is 2. The molecule has 3 fully saturated rings. The fourth-order valence-corrected chi connectivity index (χ4v) is 5.06. The minimum atomic E-state index is 0.0536. The van der Waals surface area contributed by atoms with E-state index in [0.29, 0.717) is 24.0 Å². The summed E-state index contributed by atoms with van der Waals surface area (Å²) in [5.41, 5.74) is 0. The van der Waals surface area contributed by atoms with Crippen molar-refractivity contribution in [3.63, 3.8) is 0 Å². The zero-order chi connectivity index (χ0) is 18.1. The number of anilines is 2. The number of hydrogen-bond donors (Lipinski definition) is 0. The van der Waals surface area contributed by atoms with E-state index in [1.165, 1.54) is 11.3 Å². The van der Waals surface area contributed by atoms with Crippen molar-refractivity contribution in [1.82, 2.24) is 15.1 Å². The van der Waals surface area contributed by atoms with Crippen molar-refractivity contribution in [3.05, 3.63) is 0 Å². The first-order valence-corrected chi connectivity index (χ1v) is 10.6. The van der Waals surface area contributed by atoms with Gasteiger partial charge in [-0.2, -0.15) is 0 Å². The molecule has 0 bridgehead atoms. The maximum absolute atomic E-state index is 12.9. The van der Waals surface area contributed by atoms with Crippen LogP contribution in [0.4, 0.5) is 10.3 Å². The van der Waals surface area contributed by atoms with E-state index in [1.54, 1.807) is 4.90 Å². The molecular weight excluding hydrogens is 350 g/mol. The summed E-state index contributed by atoms with van der Waals surface area (Å²) in [5, 5.41) is 10.1. The molecule has 0 aromatic carbocycles. The number of likely N-dealkylation sites (tertiary alicyclic amines) is 1. The standard InChI is InChI=1S/C18H27N5O2S/c1-13-6-10-21(11-7-13)16(25)14-4-2-8-22(12-14)17-19-20-18(26-17)23-9-3-5-15(23)24/h13-14H,2-12H2,1H3. The van der Waals surface area contributed by atoms with Crippen LogP contribution in [0.5, 0.6) is 0 Å². The number of hydrogen-bond acceptors (Lipinski definition) is 6. The summed E-state index contributed by atoms with van der Waals surface area (Å²) in [6.07, 6.45) is 5.68. The van der Waals surface area contributed by atoms with Crippen molar-refractivity contribution in [2.24, 2.45) is 11.8 Å². The molecule has 0 spiro atoms. The predicted octanol–water partition coefficient (Wildman–Crippen LogP) is 2.14. The Morgan fingerprint density at radius 1 is 1.04 bits per heavy atom. The van der Waals surface area contributed by atoms with E-state index < -0.39 is 0 Å². The third-order valence-corrected chi connectivity index (χ3v) is 6.85. The van der Waals surface area contributed by atoms with Crippen molar-refractivity contribution in [1.29, 1.82) is 0 Å². The molecule has 0 radical (unpaired) electrons. The van der Waals surface area contributed by atoms with Gasteiger partial charge in [0.2, 0.25) is 22.1 Å². The van der Waals surface area contributed by atoms with E-state index >= 15 is 0 Å². The fourth-order valence-electron chi connectivity index (χ4n) is 4.13.